The van der Waals surface area contributed by atoms with Crippen molar-refractivity contribution in [2.75, 3.05) is 5.73 Å². The van der Waals surface area contributed by atoms with Gasteiger partial charge in [-0.25, -0.2) is 0 Å². The number of nitrogens with one attached hydrogen (secondary N) is 1. The van der Waals surface area contributed by atoms with E-state index in [2.05, 4.69) is 29.6 Å². The number of anilines is 1. The van der Waals surface area contributed by atoms with Crippen molar-refractivity contribution in [3.8, 4) is 0 Å². The third kappa shape index (κ3) is 2.26. The molecule has 3 unspecified atom stereocenters. The number of carbonyl (C=O) groups excluding carboxylic acids is 1. The number of nitrogen functional groups attached to an aromatic ring is 1. The molecular formula is C18H19ClN2O. The first kappa shape index (κ1) is 14.9. The second kappa shape index (κ2) is 5.33. The number of hydrogen-bond acceptors (Lipinski definition) is 2. The minimum atomic E-state index is -0.00307. The third-order valence-electron chi connectivity index (χ3n) is 4.84. The van der Waals surface area contributed by atoms with Crippen LogP contribution in [0.1, 0.15) is 33.0 Å². The fourth-order valence-corrected chi connectivity index (χ4v) is 3.66. The molecule has 2 aromatic rings. The number of halogens is 1. The van der Waals surface area contributed by atoms with Gasteiger partial charge in [-0.15, -0.1) is 12.4 Å². The Morgan fingerprint density at radius 3 is 2.82 bits per heavy atom. The molecule has 0 heterocycles. The Hall–Kier alpha value is -2.00. The van der Waals surface area contributed by atoms with E-state index in [0.717, 1.165) is 12.0 Å². The van der Waals surface area contributed by atoms with Crippen LogP contribution in [-0.2, 0) is 6.42 Å². The van der Waals surface area contributed by atoms with Crippen LogP contribution in [0.15, 0.2) is 42.5 Å². The van der Waals surface area contributed by atoms with Crippen molar-refractivity contribution < 1.29 is 4.79 Å². The lowest BCUT2D eigenvalue weighted by Crippen LogP contribution is -2.29. The molecule has 3 nitrogen and oxygen atoms in total. The minimum absolute atomic E-state index is 0. The van der Waals surface area contributed by atoms with Crippen LogP contribution in [0, 0.1) is 12.8 Å². The summed E-state index contributed by atoms with van der Waals surface area (Å²) in [4.78, 5) is 12.4. The van der Waals surface area contributed by atoms with E-state index in [9.17, 15) is 4.79 Å². The molecule has 4 rings (SSSR count). The molecule has 0 radical (unpaired) electrons. The molecule has 1 amide bonds. The quantitative estimate of drug-likeness (QED) is 0.837. The van der Waals surface area contributed by atoms with E-state index in [0.29, 0.717) is 23.1 Å². The van der Waals surface area contributed by atoms with Gasteiger partial charge in [0.25, 0.3) is 5.91 Å². The molecule has 2 aromatic carbocycles. The van der Waals surface area contributed by atoms with Crippen LogP contribution >= 0.6 is 12.4 Å². The summed E-state index contributed by atoms with van der Waals surface area (Å²) in [5.74, 6) is 1.08. The molecule has 4 heteroatoms. The Morgan fingerprint density at radius 1 is 1.23 bits per heavy atom. The van der Waals surface area contributed by atoms with Gasteiger partial charge in [-0.1, -0.05) is 30.3 Å². The zero-order valence-electron chi connectivity index (χ0n) is 12.4. The molecule has 0 spiro atoms. The molecule has 1 saturated carbocycles. The summed E-state index contributed by atoms with van der Waals surface area (Å²) in [5, 5.41) is 3.19. The highest BCUT2D eigenvalue weighted by Crippen LogP contribution is 2.56. The second-order valence-electron chi connectivity index (χ2n) is 6.17. The summed E-state index contributed by atoms with van der Waals surface area (Å²) in [6.07, 6.45) is 1.09. The van der Waals surface area contributed by atoms with Gasteiger partial charge in [-0.05, 0) is 48.1 Å². The zero-order valence-corrected chi connectivity index (χ0v) is 13.2. The second-order valence-corrected chi connectivity index (χ2v) is 6.17. The van der Waals surface area contributed by atoms with E-state index in [-0.39, 0.29) is 24.4 Å². The molecule has 0 aliphatic heterocycles. The molecule has 1 fully saturated rings. The van der Waals surface area contributed by atoms with E-state index in [1.54, 1.807) is 6.07 Å². The number of aryl methyl sites for hydroxylation is 1. The van der Waals surface area contributed by atoms with Gasteiger partial charge in [0.05, 0.1) is 0 Å². The maximum Gasteiger partial charge on any atom is 0.251 e. The highest BCUT2D eigenvalue weighted by Gasteiger charge is 2.56. The van der Waals surface area contributed by atoms with Crippen LogP contribution in [0.5, 0.6) is 0 Å². The lowest BCUT2D eigenvalue weighted by molar-refractivity contribution is 0.0947. The SMILES string of the molecule is Cc1ccc(N)cc1C(=O)NC1C2Cc3ccccc3C21.Cl. The lowest BCUT2D eigenvalue weighted by Gasteiger charge is -2.11. The van der Waals surface area contributed by atoms with Gasteiger partial charge in [0.15, 0.2) is 0 Å². The first-order valence-corrected chi connectivity index (χ1v) is 7.40. The van der Waals surface area contributed by atoms with E-state index in [1.807, 2.05) is 19.1 Å². The van der Waals surface area contributed by atoms with Crippen LogP contribution in [-0.4, -0.2) is 11.9 Å². The van der Waals surface area contributed by atoms with Crippen LogP contribution in [0.2, 0.25) is 0 Å². The Morgan fingerprint density at radius 2 is 2.00 bits per heavy atom. The van der Waals surface area contributed by atoms with E-state index in [1.165, 1.54) is 11.1 Å². The van der Waals surface area contributed by atoms with Crippen molar-refractivity contribution in [2.45, 2.75) is 25.3 Å². The molecule has 114 valence electrons. The number of fused-ring (bicyclic) bond motifs is 3. The summed E-state index contributed by atoms with van der Waals surface area (Å²) in [6, 6.07) is 14.3. The number of carbonyl (C=O) groups is 1. The maximum atomic E-state index is 12.4. The number of rotatable bonds is 2. The number of nitrogens with two attached hydrogens (primary N) is 1. The standard InChI is InChI=1S/C18H18N2O.ClH/c1-10-6-7-12(19)9-14(10)18(21)20-17-15-8-11-4-2-3-5-13(11)16(15)17;/h2-7,9,15-17H,8,19H2,1H3,(H,20,21);1H. The summed E-state index contributed by atoms with van der Waals surface area (Å²) in [5.41, 5.74) is 10.9. The summed E-state index contributed by atoms with van der Waals surface area (Å²) < 4.78 is 0. The predicted octanol–water partition coefficient (Wildman–Crippen LogP) is 3.07. The van der Waals surface area contributed by atoms with Gasteiger partial charge in [-0.2, -0.15) is 0 Å². The number of benzene rings is 2. The average Bonchev–Trinajstić information content (AvgIpc) is 2.99. The Kier molecular flexibility index (Phi) is 3.61. The first-order valence-electron chi connectivity index (χ1n) is 7.40. The third-order valence-corrected chi connectivity index (χ3v) is 4.84. The highest BCUT2D eigenvalue weighted by atomic mass is 35.5. The van der Waals surface area contributed by atoms with Crippen LogP contribution in [0.4, 0.5) is 5.69 Å². The van der Waals surface area contributed by atoms with Crippen molar-refractivity contribution >= 4 is 24.0 Å². The van der Waals surface area contributed by atoms with Gasteiger partial charge in [-0.3, -0.25) is 4.79 Å². The normalized spacial score (nSPS) is 24.0. The summed E-state index contributed by atoms with van der Waals surface area (Å²) >= 11 is 0. The predicted molar refractivity (Wildman–Crippen MR) is 90.5 cm³/mol. The molecule has 3 N–H and O–H groups in total. The van der Waals surface area contributed by atoms with Gasteiger partial charge in [0, 0.05) is 23.2 Å². The van der Waals surface area contributed by atoms with Gasteiger partial charge in [0.2, 0.25) is 0 Å². The van der Waals surface area contributed by atoms with Crippen molar-refractivity contribution in [2.24, 2.45) is 5.92 Å². The van der Waals surface area contributed by atoms with Gasteiger partial charge in [0.1, 0.15) is 0 Å². The zero-order chi connectivity index (χ0) is 14.6. The van der Waals surface area contributed by atoms with Crippen LogP contribution < -0.4 is 11.1 Å². The van der Waals surface area contributed by atoms with Crippen LogP contribution in [0.3, 0.4) is 0 Å². The van der Waals surface area contributed by atoms with Crippen molar-refractivity contribution in [3.63, 3.8) is 0 Å². The smallest absolute Gasteiger partial charge is 0.251 e. The largest absolute Gasteiger partial charge is 0.399 e. The number of hydrogen-bond donors (Lipinski definition) is 2. The van der Waals surface area contributed by atoms with Gasteiger partial charge < -0.3 is 11.1 Å². The fourth-order valence-electron chi connectivity index (χ4n) is 3.66. The molecule has 3 atom stereocenters. The topological polar surface area (TPSA) is 55.1 Å². The van der Waals surface area contributed by atoms with Gasteiger partial charge >= 0.3 is 0 Å². The number of amides is 1. The molecule has 2 aliphatic rings. The van der Waals surface area contributed by atoms with E-state index in [4.69, 9.17) is 5.73 Å². The maximum absolute atomic E-state index is 12.4. The average molecular weight is 315 g/mol. The molecule has 0 saturated heterocycles. The Bertz CT molecular complexity index is 744. The lowest BCUT2D eigenvalue weighted by atomic mass is 10.0. The fraction of sp³-hybridized carbons (Fsp3) is 0.278. The highest BCUT2D eigenvalue weighted by molar-refractivity contribution is 5.97. The first-order chi connectivity index (χ1) is 10.1. The van der Waals surface area contributed by atoms with Crippen LogP contribution in [0.25, 0.3) is 0 Å². The summed E-state index contributed by atoms with van der Waals surface area (Å²) in [7, 11) is 0. The van der Waals surface area contributed by atoms with Crippen molar-refractivity contribution in [3.05, 3.63) is 64.7 Å². The summed E-state index contributed by atoms with van der Waals surface area (Å²) in [6.45, 7) is 1.94. The molecule has 2 aliphatic carbocycles. The Labute approximate surface area is 136 Å². The minimum Gasteiger partial charge on any atom is -0.399 e. The molecule has 22 heavy (non-hydrogen) atoms. The molecule has 0 bridgehead atoms. The van der Waals surface area contributed by atoms with Crippen molar-refractivity contribution in [1.82, 2.24) is 5.32 Å². The Balaban J connectivity index is 0.00000144. The van der Waals surface area contributed by atoms with E-state index < -0.39 is 0 Å². The van der Waals surface area contributed by atoms with E-state index >= 15 is 0 Å². The monoisotopic (exact) mass is 314 g/mol. The molecular weight excluding hydrogens is 296 g/mol. The molecule has 0 aromatic heterocycles. The van der Waals surface area contributed by atoms with Crippen molar-refractivity contribution in [1.29, 1.82) is 0 Å².